The van der Waals surface area contributed by atoms with Crippen molar-refractivity contribution < 1.29 is 4.74 Å². The molecule has 0 amide bonds. The number of nitrogens with two attached hydrogens (primary N) is 2. The zero-order chi connectivity index (χ0) is 10.7. The molecule has 5 heteroatoms. The number of morpholine rings is 1. The maximum atomic E-state index is 5.79. The number of hydrogen-bond donors (Lipinski definition) is 2. The number of hydrogen-bond acceptors (Lipinski definition) is 5. The van der Waals surface area contributed by atoms with E-state index in [0.717, 1.165) is 38.4 Å². The normalized spacial score (nSPS) is 17.9. The Morgan fingerprint density at radius 1 is 1.27 bits per heavy atom. The van der Waals surface area contributed by atoms with E-state index in [2.05, 4.69) is 9.88 Å². The molecule has 82 valence electrons. The van der Waals surface area contributed by atoms with Gasteiger partial charge >= 0.3 is 0 Å². The summed E-state index contributed by atoms with van der Waals surface area (Å²) in [7, 11) is 0. The molecule has 0 atom stereocenters. The largest absolute Gasteiger partial charge is 0.384 e. The molecule has 2 rings (SSSR count). The molecule has 0 bridgehead atoms. The van der Waals surface area contributed by atoms with Gasteiger partial charge in [0.1, 0.15) is 11.6 Å². The number of anilines is 2. The fraction of sp³-hybridized carbons (Fsp3) is 0.500. The number of nitrogens with zero attached hydrogens (tertiary/aromatic N) is 2. The van der Waals surface area contributed by atoms with Gasteiger partial charge in [-0.3, -0.25) is 4.90 Å². The van der Waals surface area contributed by atoms with E-state index in [4.69, 9.17) is 16.2 Å². The molecule has 0 aliphatic carbocycles. The molecule has 2 heterocycles. The highest BCUT2D eigenvalue weighted by Gasteiger charge is 2.12. The molecule has 0 unspecified atom stereocenters. The van der Waals surface area contributed by atoms with Gasteiger partial charge in [-0.15, -0.1) is 0 Å². The van der Waals surface area contributed by atoms with Crippen LogP contribution in [0.5, 0.6) is 0 Å². The second-order valence-corrected chi connectivity index (χ2v) is 3.67. The fourth-order valence-corrected chi connectivity index (χ4v) is 1.65. The first-order chi connectivity index (χ1) is 7.25. The van der Waals surface area contributed by atoms with Crippen molar-refractivity contribution in [1.82, 2.24) is 9.88 Å². The third-order valence-corrected chi connectivity index (χ3v) is 2.53. The van der Waals surface area contributed by atoms with E-state index in [1.54, 1.807) is 6.07 Å². The summed E-state index contributed by atoms with van der Waals surface area (Å²) in [5.41, 5.74) is 12.4. The zero-order valence-corrected chi connectivity index (χ0v) is 8.65. The molecule has 1 aromatic heterocycles. The molecule has 0 saturated carbocycles. The number of pyridine rings is 1. The van der Waals surface area contributed by atoms with Gasteiger partial charge in [0.15, 0.2) is 0 Å². The fourth-order valence-electron chi connectivity index (χ4n) is 1.65. The van der Waals surface area contributed by atoms with Crippen molar-refractivity contribution in [1.29, 1.82) is 0 Å². The van der Waals surface area contributed by atoms with Gasteiger partial charge in [-0.25, -0.2) is 4.98 Å². The van der Waals surface area contributed by atoms with Crippen molar-refractivity contribution in [2.75, 3.05) is 37.8 Å². The van der Waals surface area contributed by atoms with Crippen LogP contribution in [0.1, 0.15) is 5.56 Å². The Morgan fingerprint density at radius 3 is 2.67 bits per heavy atom. The number of nitrogen functional groups attached to an aromatic ring is 2. The van der Waals surface area contributed by atoms with Gasteiger partial charge < -0.3 is 16.2 Å². The Bertz CT molecular complexity index is 336. The van der Waals surface area contributed by atoms with Crippen LogP contribution in [0.4, 0.5) is 11.6 Å². The van der Waals surface area contributed by atoms with Crippen molar-refractivity contribution >= 4 is 11.6 Å². The molecule has 4 N–H and O–H groups in total. The van der Waals surface area contributed by atoms with Crippen molar-refractivity contribution in [3.05, 3.63) is 17.7 Å². The average molecular weight is 208 g/mol. The summed E-state index contributed by atoms with van der Waals surface area (Å²) < 4.78 is 5.28. The zero-order valence-electron chi connectivity index (χ0n) is 8.65. The molecule has 15 heavy (non-hydrogen) atoms. The van der Waals surface area contributed by atoms with Crippen LogP contribution < -0.4 is 11.5 Å². The minimum Gasteiger partial charge on any atom is -0.384 e. The van der Waals surface area contributed by atoms with E-state index in [-0.39, 0.29) is 0 Å². The van der Waals surface area contributed by atoms with Gasteiger partial charge in [0.2, 0.25) is 0 Å². The monoisotopic (exact) mass is 208 g/mol. The van der Waals surface area contributed by atoms with Crippen LogP contribution in [0, 0.1) is 0 Å². The van der Waals surface area contributed by atoms with Gasteiger partial charge in [-0.05, 0) is 6.07 Å². The molecular formula is C10H16N4O. The molecule has 5 nitrogen and oxygen atoms in total. The summed E-state index contributed by atoms with van der Waals surface area (Å²) in [6.45, 7) is 4.31. The predicted molar refractivity (Wildman–Crippen MR) is 59.2 cm³/mol. The van der Waals surface area contributed by atoms with Crippen molar-refractivity contribution in [2.45, 2.75) is 6.54 Å². The quantitative estimate of drug-likeness (QED) is 0.719. The summed E-state index contributed by atoms with van der Waals surface area (Å²) in [6.07, 6.45) is 0. The maximum absolute atomic E-state index is 5.79. The summed E-state index contributed by atoms with van der Waals surface area (Å²) in [6, 6.07) is 3.72. The Morgan fingerprint density at radius 2 is 2.00 bits per heavy atom. The van der Waals surface area contributed by atoms with E-state index in [1.165, 1.54) is 0 Å². The minimum atomic E-state index is 0.471. The highest BCUT2D eigenvalue weighted by Crippen LogP contribution is 2.14. The predicted octanol–water partition coefficient (Wildman–Crippen LogP) is 0.0782. The van der Waals surface area contributed by atoms with Crippen LogP contribution in [0.3, 0.4) is 0 Å². The van der Waals surface area contributed by atoms with E-state index in [1.807, 2.05) is 6.07 Å². The lowest BCUT2D eigenvalue weighted by Crippen LogP contribution is -2.35. The summed E-state index contributed by atoms with van der Waals surface area (Å²) >= 11 is 0. The van der Waals surface area contributed by atoms with Crippen molar-refractivity contribution in [3.8, 4) is 0 Å². The van der Waals surface area contributed by atoms with Crippen LogP contribution in [0.25, 0.3) is 0 Å². The second kappa shape index (κ2) is 4.46. The van der Waals surface area contributed by atoms with Crippen LogP contribution in [0.15, 0.2) is 12.1 Å². The SMILES string of the molecule is Nc1ccc(CN2CCOCC2)c(N)n1. The smallest absolute Gasteiger partial charge is 0.130 e. The lowest BCUT2D eigenvalue weighted by Gasteiger charge is -2.26. The summed E-state index contributed by atoms with van der Waals surface area (Å²) in [5, 5.41) is 0. The third-order valence-electron chi connectivity index (χ3n) is 2.53. The van der Waals surface area contributed by atoms with Crippen LogP contribution in [-0.4, -0.2) is 36.2 Å². The van der Waals surface area contributed by atoms with Gasteiger partial charge in [0.05, 0.1) is 13.2 Å². The van der Waals surface area contributed by atoms with E-state index < -0.39 is 0 Å². The molecular weight excluding hydrogens is 192 g/mol. The van der Waals surface area contributed by atoms with Gasteiger partial charge in [0, 0.05) is 25.2 Å². The van der Waals surface area contributed by atoms with Gasteiger partial charge in [-0.2, -0.15) is 0 Å². The Labute approximate surface area is 89.0 Å². The molecule has 0 spiro atoms. The Balaban J connectivity index is 2.03. The molecule has 1 saturated heterocycles. The van der Waals surface area contributed by atoms with E-state index in [9.17, 15) is 0 Å². The van der Waals surface area contributed by atoms with Gasteiger partial charge in [-0.1, -0.05) is 6.07 Å². The molecule has 1 aliphatic rings. The van der Waals surface area contributed by atoms with Crippen LogP contribution in [0.2, 0.25) is 0 Å². The molecule has 1 aliphatic heterocycles. The summed E-state index contributed by atoms with van der Waals surface area (Å²) in [4.78, 5) is 6.34. The van der Waals surface area contributed by atoms with E-state index >= 15 is 0 Å². The number of aromatic nitrogens is 1. The van der Waals surface area contributed by atoms with Crippen LogP contribution >= 0.6 is 0 Å². The lowest BCUT2D eigenvalue weighted by atomic mass is 10.2. The first kappa shape index (κ1) is 10.2. The first-order valence-corrected chi connectivity index (χ1v) is 5.06. The first-order valence-electron chi connectivity index (χ1n) is 5.06. The highest BCUT2D eigenvalue weighted by atomic mass is 16.5. The minimum absolute atomic E-state index is 0.471. The maximum Gasteiger partial charge on any atom is 0.130 e. The van der Waals surface area contributed by atoms with Gasteiger partial charge in [0.25, 0.3) is 0 Å². The van der Waals surface area contributed by atoms with E-state index in [0.29, 0.717) is 11.6 Å². The molecule has 0 radical (unpaired) electrons. The van der Waals surface area contributed by atoms with Crippen LogP contribution in [-0.2, 0) is 11.3 Å². The number of rotatable bonds is 2. The van der Waals surface area contributed by atoms with Crippen molar-refractivity contribution in [2.24, 2.45) is 0 Å². The average Bonchev–Trinajstić information content (AvgIpc) is 2.24. The summed E-state index contributed by atoms with van der Waals surface area (Å²) in [5.74, 6) is 1.000. The van der Waals surface area contributed by atoms with Crippen molar-refractivity contribution in [3.63, 3.8) is 0 Å². The number of ether oxygens (including phenoxy) is 1. The Hall–Kier alpha value is -1.33. The molecule has 1 aromatic rings. The Kier molecular flexibility index (Phi) is 3.03. The second-order valence-electron chi connectivity index (χ2n) is 3.67. The molecule has 0 aromatic carbocycles. The standard InChI is InChI=1S/C10H16N4O/c11-9-2-1-8(10(12)13-9)7-14-3-5-15-6-4-14/h1-2H,3-7H2,(H4,11,12,13). The lowest BCUT2D eigenvalue weighted by molar-refractivity contribution is 0.0342. The highest BCUT2D eigenvalue weighted by molar-refractivity contribution is 5.45. The third kappa shape index (κ3) is 2.57. The topological polar surface area (TPSA) is 77.4 Å². The molecule has 1 fully saturated rings.